The number of carbonyl (C=O) groups excluding carboxylic acids is 2. The average Bonchev–Trinajstić information content (AvgIpc) is 2.86. The van der Waals surface area contributed by atoms with E-state index in [9.17, 15) is 14.4 Å². The molecule has 1 aliphatic rings. The normalized spacial score (nSPS) is 16.5. The van der Waals surface area contributed by atoms with Crippen LogP contribution in [0.3, 0.4) is 0 Å². The quantitative estimate of drug-likeness (QED) is 0.607. The number of nitrogens with zero attached hydrogens (tertiary/aromatic N) is 2. The topological polar surface area (TPSA) is 93.6 Å². The number of rotatable bonds is 1. The second kappa shape index (κ2) is 6.03. The lowest BCUT2D eigenvalue weighted by atomic mass is 9.82. The molecule has 0 aliphatic carbocycles. The number of aromatic amines is 1. The predicted molar refractivity (Wildman–Crippen MR) is 96.1 cm³/mol. The lowest BCUT2D eigenvalue weighted by Crippen LogP contribution is -2.49. The van der Waals surface area contributed by atoms with Gasteiger partial charge < -0.3 is 18.9 Å². The van der Waals surface area contributed by atoms with Gasteiger partial charge in [-0.25, -0.2) is 0 Å². The zero-order valence-electron chi connectivity index (χ0n) is 14.3. The number of nitrogens with one attached hydrogen (secondary N) is 1. The Morgan fingerprint density at radius 2 is 1.65 bits per heavy atom. The third-order valence-electron chi connectivity index (χ3n) is 4.45. The molecule has 0 bridgehead atoms. The second-order valence-corrected chi connectivity index (χ2v) is 6.38. The first-order chi connectivity index (χ1) is 12.4. The number of hydrogen-bond donors (Lipinski definition) is 1. The summed E-state index contributed by atoms with van der Waals surface area (Å²) in [5.41, 5.74) is 1.28. The van der Waals surface area contributed by atoms with E-state index in [4.69, 9.17) is 9.31 Å². The third-order valence-corrected chi connectivity index (χ3v) is 4.45. The van der Waals surface area contributed by atoms with Crippen LogP contribution < -0.4 is 11.2 Å². The van der Waals surface area contributed by atoms with Crippen molar-refractivity contribution in [3.63, 3.8) is 0 Å². The molecule has 1 aromatic carbocycles. The summed E-state index contributed by atoms with van der Waals surface area (Å²) in [6, 6.07) is 9.29. The summed E-state index contributed by atoms with van der Waals surface area (Å²) in [7, 11) is 2.15. The Labute approximate surface area is 148 Å². The SMILES string of the molecule is CN1CC(=O)OB(c2cc3c4ccccc4n(C)c3c(=O)[nH]2)OC(=O)C1. The van der Waals surface area contributed by atoms with E-state index < -0.39 is 19.1 Å². The molecule has 9 heteroatoms. The molecule has 1 aliphatic heterocycles. The van der Waals surface area contributed by atoms with Gasteiger partial charge in [-0.2, -0.15) is 0 Å². The van der Waals surface area contributed by atoms with Gasteiger partial charge in [0.2, 0.25) is 0 Å². The van der Waals surface area contributed by atoms with Gasteiger partial charge >= 0.3 is 19.1 Å². The first-order valence-electron chi connectivity index (χ1n) is 8.12. The number of likely N-dealkylation sites (N-methyl/N-ethyl adjacent to an activating group) is 1. The predicted octanol–water partition coefficient (Wildman–Crippen LogP) is -0.253. The maximum absolute atomic E-state index is 12.6. The number of pyridine rings is 1. The summed E-state index contributed by atoms with van der Waals surface area (Å²) < 4.78 is 12.3. The van der Waals surface area contributed by atoms with Crippen molar-refractivity contribution in [2.75, 3.05) is 20.1 Å². The molecule has 0 spiro atoms. The summed E-state index contributed by atoms with van der Waals surface area (Å²) >= 11 is 0. The van der Waals surface area contributed by atoms with Crippen LogP contribution in [-0.4, -0.2) is 53.6 Å². The Kier molecular flexibility index (Phi) is 3.80. The Bertz CT molecular complexity index is 1080. The van der Waals surface area contributed by atoms with E-state index in [-0.39, 0.29) is 24.2 Å². The van der Waals surface area contributed by atoms with Gasteiger partial charge in [-0.3, -0.25) is 19.3 Å². The zero-order valence-corrected chi connectivity index (χ0v) is 14.3. The van der Waals surface area contributed by atoms with E-state index in [0.29, 0.717) is 10.9 Å². The fourth-order valence-electron chi connectivity index (χ4n) is 3.31. The van der Waals surface area contributed by atoms with Gasteiger partial charge in [0.05, 0.1) is 18.7 Å². The highest BCUT2D eigenvalue weighted by atomic mass is 16.6. The van der Waals surface area contributed by atoms with Crippen molar-refractivity contribution < 1.29 is 18.9 Å². The molecule has 132 valence electrons. The minimum Gasteiger partial charge on any atom is -0.493 e. The standard InChI is InChI=1S/C17H16BN3O5/c1-20-8-14(22)25-18(26-15(23)9-20)13-7-11-10-5-3-4-6-12(10)21(2)16(11)17(24)19-13/h3-7H,8-9H2,1-2H3,(H,19,24). The van der Waals surface area contributed by atoms with Crippen LogP contribution in [0.25, 0.3) is 21.8 Å². The summed E-state index contributed by atoms with van der Waals surface area (Å²) in [4.78, 5) is 40.7. The summed E-state index contributed by atoms with van der Waals surface area (Å²) in [5, 5.41) is 1.59. The van der Waals surface area contributed by atoms with Crippen molar-refractivity contribution in [3.05, 3.63) is 40.7 Å². The van der Waals surface area contributed by atoms with Gasteiger partial charge in [-0.1, -0.05) is 18.2 Å². The molecule has 0 amide bonds. The lowest BCUT2D eigenvalue weighted by molar-refractivity contribution is -0.145. The van der Waals surface area contributed by atoms with Gasteiger partial charge in [-0.05, 0) is 19.2 Å². The van der Waals surface area contributed by atoms with Crippen LogP contribution in [0.15, 0.2) is 35.1 Å². The molecule has 0 saturated carbocycles. The number of hydrogen-bond acceptors (Lipinski definition) is 6. The molecule has 4 rings (SSSR count). The Morgan fingerprint density at radius 3 is 2.35 bits per heavy atom. The highest BCUT2D eigenvalue weighted by Crippen LogP contribution is 2.24. The molecule has 1 fully saturated rings. The van der Waals surface area contributed by atoms with E-state index >= 15 is 0 Å². The molecular formula is C17H16BN3O5. The van der Waals surface area contributed by atoms with Crippen LogP contribution in [0.1, 0.15) is 0 Å². The molecule has 3 aromatic rings. The minimum absolute atomic E-state index is 0.0354. The highest BCUT2D eigenvalue weighted by molar-refractivity contribution is 6.63. The van der Waals surface area contributed by atoms with E-state index in [1.165, 1.54) is 4.90 Å². The van der Waals surface area contributed by atoms with E-state index in [2.05, 4.69) is 4.98 Å². The number of benzene rings is 1. The van der Waals surface area contributed by atoms with Crippen LogP contribution in [0.4, 0.5) is 0 Å². The molecular weight excluding hydrogens is 337 g/mol. The largest absolute Gasteiger partial charge is 0.654 e. The molecule has 0 radical (unpaired) electrons. The molecule has 8 nitrogen and oxygen atoms in total. The molecule has 1 saturated heterocycles. The Balaban J connectivity index is 1.86. The molecule has 26 heavy (non-hydrogen) atoms. The summed E-state index contributed by atoms with van der Waals surface area (Å²) in [6.07, 6.45) is 0. The number of para-hydroxylation sites is 1. The van der Waals surface area contributed by atoms with E-state index in [0.717, 1.165) is 10.9 Å². The number of fused-ring (bicyclic) bond motifs is 3. The summed E-state index contributed by atoms with van der Waals surface area (Å²) in [5.74, 6) is -1.08. The van der Waals surface area contributed by atoms with Crippen molar-refractivity contribution in [2.24, 2.45) is 7.05 Å². The Hall–Kier alpha value is -3.07. The third kappa shape index (κ3) is 2.66. The first kappa shape index (κ1) is 16.4. The van der Waals surface area contributed by atoms with Crippen LogP contribution >= 0.6 is 0 Å². The monoisotopic (exact) mass is 353 g/mol. The number of aryl methyl sites for hydroxylation is 1. The van der Waals surface area contributed by atoms with Crippen LogP contribution in [0.2, 0.25) is 0 Å². The fraction of sp³-hybridized carbons (Fsp3) is 0.235. The van der Waals surface area contributed by atoms with Gasteiger partial charge in [0.25, 0.3) is 5.56 Å². The molecule has 0 atom stereocenters. The lowest BCUT2D eigenvalue weighted by Gasteiger charge is -2.22. The van der Waals surface area contributed by atoms with Crippen LogP contribution in [0, 0.1) is 0 Å². The fourth-order valence-corrected chi connectivity index (χ4v) is 3.31. The molecule has 1 N–H and O–H groups in total. The van der Waals surface area contributed by atoms with E-state index in [1.807, 2.05) is 31.3 Å². The smallest absolute Gasteiger partial charge is 0.493 e. The minimum atomic E-state index is -1.28. The van der Waals surface area contributed by atoms with Crippen molar-refractivity contribution in [2.45, 2.75) is 0 Å². The molecule has 3 heterocycles. The van der Waals surface area contributed by atoms with E-state index in [1.54, 1.807) is 17.7 Å². The maximum atomic E-state index is 12.6. The second-order valence-electron chi connectivity index (χ2n) is 6.38. The maximum Gasteiger partial charge on any atom is 0.654 e. The number of carbonyl (C=O) groups is 2. The van der Waals surface area contributed by atoms with Crippen molar-refractivity contribution in [1.29, 1.82) is 0 Å². The molecule has 2 aromatic heterocycles. The van der Waals surface area contributed by atoms with Gasteiger partial charge in [0.15, 0.2) is 0 Å². The Morgan fingerprint density at radius 1 is 1.00 bits per heavy atom. The van der Waals surface area contributed by atoms with Crippen LogP contribution in [0.5, 0.6) is 0 Å². The molecule has 0 unspecified atom stereocenters. The highest BCUT2D eigenvalue weighted by Gasteiger charge is 2.35. The van der Waals surface area contributed by atoms with Crippen molar-refractivity contribution >= 4 is 46.5 Å². The first-order valence-corrected chi connectivity index (χ1v) is 8.12. The van der Waals surface area contributed by atoms with Gasteiger partial charge in [0.1, 0.15) is 5.52 Å². The van der Waals surface area contributed by atoms with Gasteiger partial charge in [0, 0.05) is 23.3 Å². The van der Waals surface area contributed by atoms with Gasteiger partial charge in [-0.15, -0.1) is 0 Å². The number of H-pyrrole nitrogens is 1. The van der Waals surface area contributed by atoms with Crippen molar-refractivity contribution in [3.8, 4) is 0 Å². The van der Waals surface area contributed by atoms with Crippen molar-refractivity contribution in [1.82, 2.24) is 14.5 Å². The van der Waals surface area contributed by atoms with Crippen LogP contribution in [-0.2, 0) is 25.9 Å². The zero-order chi connectivity index (χ0) is 18.4. The number of aromatic nitrogens is 2. The summed E-state index contributed by atoms with van der Waals surface area (Å²) in [6.45, 7) is -0.0707. The average molecular weight is 353 g/mol.